The van der Waals surface area contributed by atoms with E-state index in [0.29, 0.717) is 11.4 Å². The molecule has 0 aliphatic heterocycles. The largest absolute Gasteiger partial charge is 0.480 e. The molecule has 0 aliphatic carbocycles. The molecule has 0 spiro atoms. The summed E-state index contributed by atoms with van der Waals surface area (Å²) in [6.07, 6.45) is 0.224. The fourth-order valence-corrected chi connectivity index (χ4v) is 3.10. The highest BCUT2D eigenvalue weighted by molar-refractivity contribution is 7.98. The molecule has 3 N–H and O–H groups in total. The van der Waals surface area contributed by atoms with Crippen LogP contribution in [0, 0.1) is 0 Å². The molecule has 0 radical (unpaired) electrons. The second-order valence-electron chi connectivity index (χ2n) is 5.40. The van der Waals surface area contributed by atoms with Crippen LogP contribution in [0.15, 0.2) is 59.6 Å². The van der Waals surface area contributed by atoms with Crippen LogP contribution in [0.3, 0.4) is 0 Å². The highest BCUT2D eigenvalue weighted by atomic mass is 32.2. The highest BCUT2D eigenvalue weighted by Gasteiger charge is 2.13. The first-order chi connectivity index (χ1) is 11.6. The summed E-state index contributed by atoms with van der Waals surface area (Å²) in [7, 11) is 0. The van der Waals surface area contributed by atoms with Gasteiger partial charge in [-0.05, 0) is 24.3 Å². The third kappa shape index (κ3) is 4.10. The van der Waals surface area contributed by atoms with Crippen LogP contribution in [-0.2, 0) is 17.0 Å². The smallest absolute Gasteiger partial charge is 0.320 e. The van der Waals surface area contributed by atoms with E-state index in [9.17, 15) is 4.79 Å². The van der Waals surface area contributed by atoms with E-state index in [-0.39, 0.29) is 6.42 Å². The standard InChI is InChI=1S/C18H17N3O2S/c19-15(18(22)23)10-13-5-3-6-14(20-13)11-24-17-9-8-12-4-1-2-7-16(12)21-17/h1-9,15H,10-11,19H2,(H,22,23). The Kier molecular flexibility index (Phi) is 5.08. The van der Waals surface area contributed by atoms with Crippen molar-refractivity contribution in [2.75, 3.05) is 0 Å². The molecular formula is C18H17N3O2S. The predicted octanol–water partition coefficient (Wildman–Crippen LogP) is 2.88. The van der Waals surface area contributed by atoms with Crippen molar-refractivity contribution in [3.05, 3.63) is 66.0 Å². The van der Waals surface area contributed by atoms with Crippen LogP contribution in [0.5, 0.6) is 0 Å². The molecule has 6 heteroatoms. The Labute approximate surface area is 143 Å². The van der Waals surface area contributed by atoms with E-state index in [1.54, 1.807) is 17.8 Å². The topological polar surface area (TPSA) is 89.1 Å². The maximum atomic E-state index is 10.8. The first-order valence-corrected chi connectivity index (χ1v) is 8.52. The number of thioether (sulfide) groups is 1. The number of pyridine rings is 2. The molecule has 122 valence electrons. The minimum absolute atomic E-state index is 0.224. The first-order valence-electron chi connectivity index (χ1n) is 7.53. The van der Waals surface area contributed by atoms with Gasteiger partial charge in [0.25, 0.3) is 0 Å². The molecule has 1 unspecified atom stereocenters. The number of nitrogens with two attached hydrogens (primary N) is 1. The molecule has 1 aromatic carbocycles. The Balaban J connectivity index is 1.68. The lowest BCUT2D eigenvalue weighted by Crippen LogP contribution is -2.32. The number of carboxylic acids is 1. The van der Waals surface area contributed by atoms with Gasteiger partial charge >= 0.3 is 5.97 Å². The zero-order chi connectivity index (χ0) is 16.9. The fraction of sp³-hybridized carbons (Fsp3) is 0.167. The van der Waals surface area contributed by atoms with Crippen molar-refractivity contribution < 1.29 is 9.90 Å². The minimum atomic E-state index is -1.02. The van der Waals surface area contributed by atoms with Gasteiger partial charge in [0.15, 0.2) is 0 Å². The molecule has 24 heavy (non-hydrogen) atoms. The van der Waals surface area contributed by atoms with E-state index in [4.69, 9.17) is 10.8 Å². The van der Waals surface area contributed by atoms with Crippen LogP contribution in [0.2, 0.25) is 0 Å². The van der Waals surface area contributed by atoms with Crippen molar-refractivity contribution in [2.24, 2.45) is 5.73 Å². The molecule has 3 aromatic rings. The number of nitrogens with zero attached hydrogens (tertiary/aromatic N) is 2. The number of aromatic nitrogens is 2. The summed E-state index contributed by atoms with van der Waals surface area (Å²) in [5.41, 5.74) is 8.10. The van der Waals surface area contributed by atoms with Gasteiger partial charge in [0.05, 0.1) is 16.2 Å². The molecule has 0 saturated carbocycles. The zero-order valence-corrected chi connectivity index (χ0v) is 13.7. The third-order valence-corrected chi connectivity index (χ3v) is 4.51. The summed E-state index contributed by atoms with van der Waals surface area (Å²) in [5.74, 6) is -0.349. The monoisotopic (exact) mass is 339 g/mol. The Morgan fingerprint density at radius 3 is 2.67 bits per heavy atom. The van der Waals surface area contributed by atoms with E-state index in [1.165, 1.54) is 0 Å². The van der Waals surface area contributed by atoms with Gasteiger partial charge in [-0.3, -0.25) is 9.78 Å². The van der Waals surface area contributed by atoms with Gasteiger partial charge in [0, 0.05) is 23.3 Å². The SMILES string of the molecule is NC(Cc1cccc(CSc2ccc3ccccc3n2)n1)C(=O)O. The number of hydrogen-bond donors (Lipinski definition) is 2. The lowest BCUT2D eigenvalue weighted by atomic mass is 10.1. The van der Waals surface area contributed by atoms with Crippen molar-refractivity contribution in [3.63, 3.8) is 0 Å². The van der Waals surface area contributed by atoms with Gasteiger partial charge in [-0.2, -0.15) is 0 Å². The van der Waals surface area contributed by atoms with Gasteiger partial charge in [0.1, 0.15) is 6.04 Å². The number of hydrogen-bond acceptors (Lipinski definition) is 5. The average Bonchev–Trinajstić information content (AvgIpc) is 2.60. The van der Waals surface area contributed by atoms with Crippen molar-refractivity contribution in [2.45, 2.75) is 23.2 Å². The van der Waals surface area contributed by atoms with Crippen molar-refractivity contribution in [1.29, 1.82) is 0 Å². The van der Waals surface area contributed by atoms with Crippen LogP contribution in [-0.4, -0.2) is 27.1 Å². The van der Waals surface area contributed by atoms with E-state index in [1.807, 2.05) is 42.5 Å². The average molecular weight is 339 g/mol. The summed E-state index contributed by atoms with van der Waals surface area (Å²) in [4.78, 5) is 19.9. The summed E-state index contributed by atoms with van der Waals surface area (Å²) < 4.78 is 0. The van der Waals surface area contributed by atoms with E-state index in [0.717, 1.165) is 21.6 Å². The van der Waals surface area contributed by atoms with Crippen molar-refractivity contribution in [1.82, 2.24) is 9.97 Å². The number of rotatable bonds is 6. The Bertz CT molecular complexity index is 870. The minimum Gasteiger partial charge on any atom is -0.480 e. The molecule has 5 nitrogen and oxygen atoms in total. The molecule has 3 rings (SSSR count). The maximum absolute atomic E-state index is 10.8. The second kappa shape index (κ2) is 7.42. The predicted molar refractivity (Wildman–Crippen MR) is 94.9 cm³/mol. The van der Waals surface area contributed by atoms with Crippen molar-refractivity contribution >= 4 is 28.6 Å². The molecule has 0 aliphatic rings. The summed E-state index contributed by atoms with van der Waals surface area (Å²) >= 11 is 1.60. The lowest BCUT2D eigenvalue weighted by Gasteiger charge is -2.07. The number of para-hydroxylation sites is 1. The summed E-state index contributed by atoms with van der Waals surface area (Å²) in [6.45, 7) is 0. The summed E-state index contributed by atoms with van der Waals surface area (Å²) in [6, 6.07) is 16.7. The molecule has 0 saturated heterocycles. The van der Waals surface area contributed by atoms with Gasteiger partial charge < -0.3 is 10.8 Å². The van der Waals surface area contributed by atoms with Gasteiger partial charge in [0.2, 0.25) is 0 Å². The van der Waals surface area contributed by atoms with Gasteiger partial charge in [-0.25, -0.2) is 4.98 Å². The molecule has 2 heterocycles. The lowest BCUT2D eigenvalue weighted by molar-refractivity contribution is -0.138. The van der Waals surface area contributed by atoms with Crippen LogP contribution in [0.25, 0.3) is 10.9 Å². The number of benzene rings is 1. The van der Waals surface area contributed by atoms with E-state index < -0.39 is 12.0 Å². The normalized spacial score (nSPS) is 12.2. The van der Waals surface area contributed by atoms with E-state index in [2.05, 4.69) is 16.0 Å². The van der Waals surface area contributed by atoms with Gasteiger partial charge in [-0.15, -0.1) is 11.8 Å². The quantitative estimate of drug-likeness (QED) is 0.671. The summed E-state index contributed by atoms with van der Waals surface area (Å²) in [5, 5.41) is 10.9. The Hall–Kier alpha value is -2.44. The number of fused-ring (bicyclic) bond motifs is 1. The van der Waals surface area contributed by atoms with E-state index >= 15 is 0 Å². The molecule has 1 atom stereocenters. The van der Waals surface area contributed by atoms with Crippen LogP contribution in [0.1, 0.15) is 11.4 Å². The number of carbonyl (C=O) groups is 1. The maximum Gasteiger partial charge on any atom is 0.320 e. The molecule has 0 amide bonds. The zero-order valence-electron chi connectivity index (χ0n) is 12.9. The molecule has 0 bridgehead atoms. The first kappa shape index (κ1) is 16.4. The van der Waals surface area contributed by atoms with Crippen LogP contribution < -0.4 is 5.73 Å². The Morgan fingerprint density at radius 2 is 1.83 bits per heavy atom. The fourth-order valence-electron chi connectivity index (χ4n) is 2.31. The third-order valence-electron chi connectivity index (χ3n) is 3.55. The van der Waals surface area contributed by atoms with Crippen LogP contribution >= 0.6 is 11.8 Å². The highest BCUT2D eigenvalue weighted by Crippen LogP contribution is 2.23. The molecule has 2 aromatic heterocycles. The number of carboxylic acid groups (broad SMARTS) is 1. The van der Waals surface area contributed by atoms with Gasteiger partial charge in [-0.1, -0.05) is 30.3 Å². The second-order valence-corrected chi connectivity index (χ2v) is 6.40. The van der Waals surface area contributed by atoms with Crippen LogP contribution in [0.4, 0.5) is 0 Å². The molecular weight excluding hydrogens is 322 g/mol. The van der Waals surface area contributed by atoms with Crippen molar-refractivity contribution in [3.8, 4) is 0 Å². The Morgan fingerprint density at radius 1 is 1.04 bits per heavy atom. The number of aliphatic carboxylic acids is 1. The molecule has 0 fully saturated rings.